The Labute approximate surface area is 203 Å². The largest absolute Gasteiger partial charge is 0.350 e. The maximum Gasteiger partial charge on any atom is 0.293 e. The van der Waals surface area contributed by atoms with Crippen LogP contribution in [0.3, 0.4) is 0 Å². The van der Waals surface area contributed by atoms with Crippen molar-refractivity contribution in [3.63, 3.8) is 0 Å². The number of benzene rings is 2. The van der Waals surface area contributed by atoms with Crippen LogP contribution in [0, 0.1) is 12.7 Å². The Bertz CT molecular complexity index is 1280. The average Bonchev–Trinajstić information content (AvgIpc) is 3.36. The molecular formula is C23H19FN4O4S2. The first-order valence-corrected chi connectivity index (χ1v) is 12.0. The second-order valence-corrected chi connectivity index (χ2v) is 9.14. The third-order valence-electron chi connectivity index (χ3n) is 4.74. The lowest BCUT2D eigenvalue weighted by atomic mass is 10.2. The molecule has 1 aromatic heterocycles. The molecule has 3 aromatic rings. The second-order valence-electron chi connectivity index (χ2n) is 7.13. The predicted molar refractivity (Wildman–Crippen MR) is 126 cm³/mol. The zero-order chi connectivity index (χ0) is 24.1. The monoisotopic (exact) mass is 498 g/mol. The molecule has 2 aromatic carbocycles. The number of aromatic nitrogens is 2. The highest BCUT2D eigenvalue weighted by atomic mass is 32.2. The Morgan fingerprint density at radius 2 is 1.97 bits per heavy atom. The fourth-order valence-corrected chi connectivity index (χ4v) is 4.86. The zero-order valence-corrected chi connectivity index (χ0v) is 19.6. The number of rotatable bonds is 8. The van der Waals surface area contributed by atoms with Crippen LogP contribution < -0.4 is 5.32 Å². The normalized spacial score (nSPS) is 14.8. The lowest BCUT2D eigenvalue weighted by molar-refractivity contribution is -0.122. The highest BCUT2D eigenvalue weighted by Crippen LogP contribution is 2.32. The Morgan fingerprint density at radius 1 is 1.21 bits per heavy atom. The van der Waals surface area contributed by atoms with Crippen molar-refractivity contribution in [3.05, 3.63) is 82.1 Å². The number of halogens is 1. The van der Waals surface area contributed by atoms with Gasteiger partial charge in [-0.3, -0.25) is 19.3 Å². The van der Waals surface area contributed by atoms with Crippen molar-refractivity contribution in [1.29, 1.82) is 0 Å². The number of nitrogens with one attached hydrogen (secondary N) is 1. The van der Waals surface area contributed by atoms with E-state index in [4.69, 9.17) is 4.52 Å². The van der Waals surface area contributed by atoms with Crippen LogP contribution in [0.4, 0.5) is 9.18 Å². The van der Waals surface area contributed by atoms with Crippen molar-refractivity contribution < 1.29 is 23.3 Å². The molecule has 1 N–H and O–H groups in total. The number of hydrogen-bond acceptors (Lipinski definition) is 8. The van der Waals surface area contributed by atoms with Crippen LogP contribution >= 0.6 is 23.5 Å². The number of imide groups is 1. The van der Waals surface area contributed by atoms with E-state index < -0.39 is 17.0 Å². The molecule has 0 spiro atoms. The topological polar surface area (TPSA) is 105 Å². The molecule has 3 amide bonds. The Morgan fingerprint density at radius 3 is 2.74 bits per heavy atom. The van der Waals surface area contributed by atoms with Gasteiger partial charge in [-0.05, 0) is 43.0 Å². The van der Waals surface area contributed by atoms with Crippen molar-refractivity contribution in [3.8, 4) is 0 Å². The first-order chi connectivity index (χ1) is 16.4. The van der Waals surface area contributed by atoms with Gasteiger partial charge in [0.15, 0.2) is 5.82 Å². The molecule has 0 bridgehead atoms. The molecule has 0 saturated carbocycles. The molecule has 0 atom stereocenters. The summed E-state index contributed by atoms with van der Waals surface area (Å²) in [7, 11) is 0. The van der Waals surface area contributed by atoms with Crippen molar-refractivity contribution in [1.82, 2.24) is 20.4 Å². The van der Waals surface area contributed by atoms with E-state index in [1.54, 1.807) is 31.2 Å². The molecule has 0 aliphatic carbocycles. The van der Waals surface area contributed by atoms with E-state index in [1.165, 1.54) is 30.0 Å². The van der Waals surface area contributed by atoms with Gasteiger partial charge in [0.1, 0.15) is 5.82 Å². The molecule has 174 valence electrons. The smallest absolute Gasteiger partial charge is 0.293 e. The summed E-state index contributed by atoms with van der Waals surface area (Å²) in [5.41, 5.74) is 0.684. The van der Waals surface area contributed by atoms with Gasteiger partial charge in [0.2, 0.25) is 5.89 Å². The summed E-state index contributed by atoms with van der Waals surface area (Å²) in [5, 5.41) is 6.03. The Hall–Kier alpha value is -3.44. The summed E-state index contributed by atoms with van der Waals surface area (Å²) in [6.45, 7) is 1.80. The van der Waals surface area contributed by atoms with Crippen LogP contribution in [-0.2, 0) is 10.5 Å². The van der Waals surface area contributed by atoms with Gasteiger partial charge < -0.3 is 9.84 Å². The molecule has 2 heterocycles. The number of aryl methyl sites for hydroxylation is 1. The van der Waals surface area contributed by atoms with E-state index in [9.17, 15) is 18.8 Å². The fourth-order valence-electron chi connectivity index (χ4n) is 3.12. The van der Waals surface area contributed by atoms with E-state index in [1.807, 2.05) is 12.1 Å². The SMILES string of the molecule is Cc1noc(CSc2ccccc2C(=O)NCCN2C(=O)S/C(=C\c3ccccc3F)C2=O)n1. The number of thioether (sulfide) groups is 2. The highest BCUT2D eigenvalue weighted by molar-refractivity contribution is 8.18. The lowest BCUT2D eigenvalue weighted by Gasteiger charge is -2.14. The van der Waals surface area contributed by atoms with Crippen LogP contribution in [0.1, 0.15) is 27.6 Å². The van der Waals surface area contributed by atoms with Crippen molar-refractivity contribution in [2.24, 2.45) is 0 Å². The van der Waals surface area contributed by atoms with Crippen molar-refractivity contribution >= 4 is 46.7 Å². The van der Waals surface area contributed by atoms with Crippen LogP contribution in [-0.4, -0.2) is 45.2 Å². The van der Waals surface area contributed by atoms with Gasteiger partial charge in [0.05, 0.1) is 16.2 Å². The van der Waals surface area contributed by atoms with Crippen LogP contribution in [0.15, 0.2) is 62.9 Å². The van der Waals surface area contributed by atoms with E-state index in [-0.39, 0.29) is 29.5 Å². The molecule has 1 aliphatic heterocycles. The highest BCUT2D eigenvalue weighted by Gasteiger charge is 2.34. The minimum atomic E-state index is -0.515. The predicted octanol–water partition coefficient (Wildman–Crippen LogP) is 4.28. The van der Waals surface area contributed by atoms with Crippen LogP contribution in [0.2, 0.25) is 0 Å². The summed E-state index contributed by atoms with van der Waals surface area (Å²) in [4.78, 5) is 43.7. The summed E-state index contributed by atoms with van der Waals surface area (Å²) in [6, 6.07) is 13.1. The van der Waals surface area contributed by atoms with Crippen LogP contribution in [0.25, 0.3) is 6.08 Å². The van der Waals surface area contributed by atoms with E-state index in [2.05, 4.69) is 15.5 Å². The maximum atomic E-state index is 13.9. The molecule has 1 fully saturated rings. The van der Waals surface area contributed by atoms with Gasteiger partial charge in [0.25, 0.3) is 17.1 Å². The van der Waals surface area contributed by atoms with Gasteiger partial charge in [-0.25, -0.2) is 4.39 Å². The van der Waals surface area contributed by atoms with Crippen molar-refractivity contribution in [2.75, 3.05) is 13.1 Å². The number of hydrogen-bond donors (Lipinski definition) is 1. The minimum absolute atomic E-state index is 0.00158. The number of amides is 3. The fraction of sp³-hybridized carbons (Fsp3) is 0.174. The molecule has 34 heavy (non-hydrogen) atoms. The number of nitrogens with zero attached hydrogens (tertiary/aromatic N) is 3. The zero-order valence-electron chi connectivity index (χ0n) is 18.0. The first kappa shape index (κ1) is 23.7. The van der Waals surface area contributed by atoms with Gasteiger partial charge in [0, 0.05) is 23.5 Å². The van der Waals surface area contributed by atoms with Gasteiger partial charge in [-0.15, -0.1) is 11.8 Å². The minimum Gasteiger partial charge on any atom is -0.350 e. The molecule has 4 rings (SSSR count). The summed E-state index contributed by atoms with van der Waals surface area (Å²) in [5.74, 6) is 0.0820. The van der Waals surface area contributed by atoms with Gasteiger partial charge >= 0.3 is 0 Å². The molecule has 1 saturated heterocycles. The van der Waals surface area contributed by atoms with Crippen LogP contribution in [0.5, 0.6) is 0 Å². The lowest BCUT2D eigenvalue weighted by Crippen LogP contribution is -2.37. The second kappa shape index (κ2) is 10.7. The molecular weight excluding hydrogens is 479 g/mol. The molecule has 1 aliphatic rings. The average molecular weight is 499 g/mol. The van der Waals surface area contributed by atoms with Gasteiger partial charge in [-0.2, -0.15) is 4.98 Å². The molecule has 11 heteroatoms. The van der Waals surface area contributed by atoms with E-state index in [0.29, 0.717) is 23.0 Å². The van der Waals surface area contributed by atoms with E-state index >= 15 is 0 Å². The molecule has 0 radical (unpaired) electrons. The number of carbonyl (C=O) groups excluding carboxylic acids is 3. The standard InChI is InChI=1S/C23H19FN4O4S2/c1-14-26-20(32-27-14)13-33-18-9-5-3-7-16(18)21(29)25-10-11-28-22(30)19(34-23(28)31)12-15-6-2-4-8-17(15)24/h2-9,12H,10-11,13H2,1H3,(H,25,29)/b19-12-. The Kier molecular flexibility index (Phi) is 7.43. The quantitative estimate of drug-likeness (QED) is 0.363. The molecule has 8 nitrogen and oxygen atoms in total. The maximum absolute atomic E-state index is 13.9. The molecule has 0 unspecified atom stereocenters. The van der Waals surface area contributed by atoms with Gasteiger partial charge in [-0.1, -0.05) is 35.5 Å². The summed E-state index contributed by atoms with van der Waals surface area (Å²) in [6.07, 6.45) is 1.36. The summed E-state index contributed by atoms with van der Waals surface area (Å²) >= 11 is 2.13. The van der Waals surface area contributed by atoms with Crippen molar-refractivity contribution in [2.45, 2.75) is 17.6 Å². The third kappa shape index (κ3) is 5.54. The number of carbonyl (C=O) groups is 3. The first-order valence-electron chi connectivity index (χ1n) is 10.2. The summed E-state index contributed by atoms with van der Waals surface area (Å²) < 4.78 is 19.0. The van der Waals surface area contributed by atoms with E-state index in [0.717, 1.165) is 21.6 Å². The third-order valence-corrected chi connectivity index (χ3v) is 6.70. The Balaban J connectivity index is 1.35.